The van der Waals surface area contributed by atoms with Gasteiger partial charge in [-0.15, -0.1) is 0 Å². The highest BCUT2D eigenvalue weighted by atomic mass is 15.1. The molecule has 0 unspecified atom stereocenters. The SMILES string of the molecule is CC(/C=C(/C)Nc1c(C(C)C)cccc1C(C)C)=NCc1cc(CN=C(C)/C=C(/C)Nc2c(C(C)C)cccc2C(C)C)[nH]n1. The number of benzene rings is 2. The molecule has 0 spiro atoms. The van der Waals surface area contributed by atoms with Crippen LogP contribution in [-0.2, 0) is 13.1 Å². The smallest absolute Gasteiger partial charge is 0.0840 e. The first-order valence-corrected chi connectivity index (χ1v) is 16.5. The molecule has 2 aromatic carbocycles. The summed E-state index contributed by atoms with van der Waals surface area (Å²) in [4.78, 5) is 9.57. The van der Waals surface area contributed by atoms with Crippen molar-refractivity contribution in [2.75, 3.05) is 10.6 Å². The van der Waals surface area contributed by atoms with Crippen LogP contribution in [-0.4, -0.2) is 21.6 Å². The van der Waals surface area contributed by atoms with Gasteiger partial charge in [-0.2, -0.15) is 5.10 Å². The van der Waals surface area contributed by atoms with Crippen LogP contribution in [0.1, 0.15) is 140 Å². The Morgan fingerprint density at radius 1 is 0.644 bits per heavy atom. The quantitative estimate of drug-likeness (QED) is 0.159. The van der Waals surface area contributed by atoms with Crippen LogP contribution >= 0.6 is 0 Å². The van der Waals surface area contributed by atoms with Gasteiger partial charge in [0, 0.05) is 34.2 Å². The third-order valence-electron chi connectivity index (χ3n) is 7.91. The monoisotopic (exact) mass is 608 g/mol. The van der Waals surface area contributed by atoms with Crippen molar-refractivity contribution in [3.05, 3.63) is 99.7 Å². The first-order chi connectivity index (χ1) is 21.3. The molecule has 0 radical (unpaired) electrons. The zero-order chi connectivity index (χ0) is 33.3. The lowest BCUT2D eigenvalue weighted by Gasteiger charge is -2.21. The summed E-state index contributed by atoms with van der Waals surface area (Å²) < 4.78 is 0. The second-order valence-electron chi connectivity index (χ2n) is 13.4. The van der Waals surface area contributed by atoms with Crippen molar-refractivity contribution in [3.8, 4) is 0 Å². The lowest BCUT2D eigenvalue weighted by molar-refractivity contribution is 0.837. The maximum absolute atomic E-state index is 4.79. The van der Waals surface area contributed by atoms with Crippen molar-refractivity contribution >= 4 is 22.8 Å². The van der Waals surface area contributed by atoms with E-state index in [-0.39, 0.29) is 0 Å². The Bertz CT molecular complexity index is 1380. The second-order valence-corrected chi connectivity index (χ2v) is 13.4. The number of para-hydroxylation sites is 2. The lowest BCUT2D eigenvalue weighted by atomic mass is 9.92. The number of anilines is 2. The Morgan fingerprint density at radius 3 is 1.40 bits per heavy atom. The molecule has 0 aliphatic carbocycles. The molecule has 242 valence electrons. The molecular weight excluding hydrogens is 552 g/mol. The number of allylic oxidation sites excluding steroid dienone is 4. The lowest BCUT2D eigenvalue weighted by Crippen LogP contribution is -2.07. The van der Waals surface area contributed by atoms with Crippen molar-refractivity contribution in [2.24, 2.45) is 9.98 Å². The molecule has 0 amide bonds. The molecule has 3 N–H and O–H groups in total. The number of hydrogen-bond acceptors (Lipinski definition) is 5. The Labute approximate surface area is 272 Å². The molecule has 0 aliphatic rings. The Kier molecular flexibility index (Phi) is 13.0. The summed E-state index contributed by atoms with van der Waals surface area (Å²) in [6.45, 7) is 27.3. The Hall–Kier alpha value is -3.93. The van der Waals surface area contributed by atoms with Crippen LogP contribution in [0.25, 0.3) is 0 Å². The van der Waals surface area contributed by atoms with E-state index in [0.29, 0.717) is 36.8 Å². The van der Waals surface area contributed by atoms with Gasteiger partial charge in [-0.3, -0.25) is 15.1 Å². The van der Waals surface area contributed by atoms with Crippen molar-refractivity contribution in [1.82, 2.24) is 10.2 Å². The number of nitrogens with zero attached hydrogens (tertiary/aromatic N) is 3. The molecule has 1 heterocycles. The zero-order valence-electron chi connectivity index (χ0n) is 29.8. The van der Waals surface area contributed by atoms with Gasteiger partial charge >= 0.3 is 0 Å². The van der Waals surface area contributed by atoms with Gasteiger partial charge in [-0.05, 0) is 91.8 Å². The van der Waals surface area contributed by atoms with E-state index in [1.807, 2.05) is 13.8 Å². The van der Waals surface area contributed by atoms with Crippen LogP contribution in [0.15, 0.2) is 76.0 Å². The van der Waals surface area contributed by atoms with Crippen molar-refractivity contribution in [3.63, 3.8) is 0 Å². The predicted molar refractivity (Wildman–Crippen MR) is 196 cm³/mol. The molecule has 45 heavy (non-hydrogen) atoms. The topological polar surface area (TPSA) is 77.5 Å². The predicted octanol–water partition coefficient (Wildman–Crippen LogP) is 10.9. The minimum atomic E-state index is 0.442. The third kappa shape index (κ3) is 10.3. The van der Waals surface area contributed by atoms with Gasteiger partial charge < -0.3 is 10.6 Å². The van der Waals surface area contributed by atoms with Gasteiger partial charge in [-0.1, -0.05) is 91.8 Å². The van der Waals surface area contributed by atoms with E-state index >= 15 is 0 Å². The van der Waals surface area contributed by atoms with E-state index in [4.69, 9.17) is 9.98 Å². The van der Waals surface area contributed by atoms with Crippen molar-refractivity contribution in [1.29, 1.82) is 0 Å². The van der Waals surface area contributed by atoms with E-state index < -0.39 is 0 Å². The van der Waals surface area contributed by atoms with Gasteiger partial charge in [0.25, 0.3) is 0 Å². The fourth-order valence-electron chi connectivity index (χ4n) is 5.56. The minimum absolute atomic E-state index is 0.442. The van der Waals surface area contributed by atoms with E-state index in [2.05, 4.69) is 145 Å². The van der Waals surface area contributed by atoms with E-state index in [9.17, 15) is 0 Å². The zero-order valence-corrected chi connectivity index (χ0v) is 29.8. The third-order valence-corrected chi connectivity index (χ3v) is 7.91. The highest BCUT2D eigenvalue weighted by Crippen LogP contribution is 2.34. The fraction of sp³-hybridized carbons (Fsp3) is 0.462. The number of H-pyrrole nitrogens is 1. The van der Waals surface area contributed by atoms with E-state index in [1.165, 1.54) is 33.6 Å². The number of aromatic amines is 1. The van der Waals surface area contributed by atoms with Crippen LogP contribution in [0, 0.1) is 0 Å². The maximum atomic E-state index is 4.79. The van der Waals surface area contributed by atoms with E-state index in [1.54, 1.807) is 0 Å². The van der Waals surface area contributed by atoms with Crippen LogP contribution in [0.3, 0.4) is 0 Å². The molecule has 6 heteroatoms. The fourth-order valence-corrected chi connectivity index (χ4v) is 5.56. The number of nitrogens with one attached hydrogen (secondary N) is 3. The summed E-state index contributed by atoms with van der Waals surface area (Å²) in [6, 6.07) is 15.3. The van der Waals surface area contributed by atoms with Crippen LogP contribution in [0.2, 0.25) is 0 Å². The van der Waals surface area contributed by atoms with E-state index in [0.717, 1.165) is 34.2 Å². The van der Waals surface area contributed by atoms with Crippen molar-refractivity contribution < 1.29 is 0 Å². The summed E-state index contributed by atoms with van der Waals surface area (Å²) in [7, 11) is 0. The van der Waals surface area contributed by atoms with Gasteiger partial charge in [0.05, 0.1) is 24.5 Å². The highest BCUT2D eigenvalue weighted by Gasteiger charge is 2.15. The molecule has 3 rings (SSSR count). The number of aliphatic imine (C=N–C) groups is 2. The van der Waals surface area contributed by atoms with Crippen LogP contribution in [0.4, 0.5) is 11.4 Å². The van der Waals surface area contributed by atoms with Crippen LogP contribution in [0.5, 0.6) is 0 Å². The first-order valence-electron chi connectivity index (χ1n) is 16.5. The molecule has 0 bridgehead atoms. The molecule has 0 atom stereocenters. The summed E-state index contributed by atoms with van der Waals surface area (Å²) in [5, 5.41) is 15.0. The van der Waals surface area contributed by atoms with Crippen molar-refractivity contribution in [2.45, 2.75) is 120 Å². The second kappa shape index (κ2) is 16.4. The molecule has 1 aromatic heterocycles. The highest BCUT2D eigenvalue weighted by molar-refractivity contribution is 5.94. The standard InChI is InChI=1S/C39H56N6/c1-24(2)34-15-13-16-35(25(3)4)38(34)42-30(11)19-28(9)40-22-32-21-33(45-44-32)23-41-29(10)20-31(12)43-39-36(26(5)6)17-14-18-37(39)27(7)8/h13-21,24-27,42-43H,22-23H2,1-12H3,(H,44,45)/b30-19-,31-20-,40-28?,41-29?. The first kappa shape index (κ1) is 35.5. The Balaban J connectivity index is 1.64. The molecule has 0 fully saturated rings. The summed E-state index contributed by atoms with van der Waals surface area (Å²) >= 11 is 0. The Morgan fingerprint density at radius 2 is 1.02 bits per heavy atom. The number of rotatable bonds is 14. The molecule has 0 saturated heterocycles. The number of hydrogen-bond donors (Lipinski definition) is 3. The average Bonchev–Trinajstić information content (AvgIpc) is 3.42. The molecule has 0 saturated carbocycles. The number of aromatic nitrogens is 2. The maximum Gasteiger partial charge on any atom is 0.0840 e. The molecule has 6 nitrogen and oxygen atoms in total. The average molecular weight is 609 g/mol. The molecular formula is C39H56N6. The van der Waals surface area contributed by atoms with Gasteiger partial charge in [-0.25, -0.2) is 0 Å². The van der Waals surface area contributed by atoms with Gasteiger partial charge in [0.15, 0.2) is 0 Å². The summed E-state index contributed by atoms with van der Waals surface area (Å²) in [5.74, 6) is 1.77. The summed E-state index contributed by atoms with van der Waals surface area (Å²) in [6.07, 6.45) is 4.22. The molecule has 3 aromatic rings. The van der Waals surface area contributed by atoms with Gasteiger partial charge in [0.1, 0.15) is 0 Å². The largest absolute Gasteiger partial charge is 0.359 e. The van der Waals surface area contributed by atoms with Gasteiger partial charge in [0.2, 0.25) is 0 Å². The normalized spacial score (nSPS) is 13.5. The summed E-state index contributed by atoms with van der Waals surface area (Å²) in [5.41, 5.74) is 13.7. The minimum Gasteiger partial charge on any atom is -0.359 e. The molecule has 0 aliphatic heterocycles. The van der Waals surface area contributed by atoms with Crippen LogP contribution < -0.4 is 10.6 Å².